The van der Waals surface area contributed by atoms with E-state index in [0.29, 0.717) is 32.7 Å². The van der Waals surface area contributed by atoms with Gasteiger partial charge < -0.3 is 15.3 Å². The molecule has 0 spiro atoms. The summed E-state index contributed by atoms with van der Waals surface area (Å²) in [4.78, 5) is 26.3. The van der Waals surface area contributed by atoms with Gasteiger partial charge in [-0.1, -0.05) is 12.2 Å². The van der Waals surface area contributed by atoms with Gasteiger partial charge in [-0.3, -0.25) is 9.69 Å². The second-order valence-electron chi connectivity index (χ2n) is 4.63. The highest BCUT2D eigenvalue weighted by atomic mass is 16.4. The average Bonchev–Trinajstić information content (AvgIpc) is 2.42. The number of aliphatic carboxylic acids is 1. The molecule has 2 amide bonds. The number of nitrogens with zero attached hydrogens (tertiary/aromatic N) is 2. The zero-order valence-electron chi connectivity index (χ0n) is 11.6. The first-order chi connectivity index (χ1) is 9.06. The molecule has 1 saturated heterocycles. The highest BCUT2D eigenvalue weighted by Crippen LogP contribution is 2.06. The average molecular weight is 269 g/mol. The lowest BCUT2D eigenvalue weighted by atomic mass is 10.2. The van der Waals surface area contributed by atoms with Gasteiger partial charge in [-0.05, 0) is 20.3 Å². The lowest BCUT2D eigenvalue weighted by Crippen LogP contribution is -2.55. The van der Waals surface area contributed by atoms with Crippen molar-refractivity contribution in [1.82, 2.24) is 15.1 Å². The van der Waals surface area contributed by atoms with Crippen LogP contribution in [0.4, 0.5) is 4.79 Å². The summed E-state index contributed by atoms with van der Waals surface area (Å²) >= 11 is 0. The third-order valence-corrected chi connectivity index (χ3v) is 3.33. The smallest absolute Gasteiger partial charge is 0.320 e. The second kappa shape index (κ2) is 7.78. The molecule has 0 bridgehead atoms. The maximum Gasteiger partial charge on any atom is 0.320 e. The molecule has 1 unspecified atom stereocenters. The minimum absolute atomic E-state index is 0.0628. The molecule has 108 valence electrons. The maximum atomic E-state index is 11.8. The Morgan fingerprint density at radius 3 is 2.47 bits per heavy atom. The minimum atomic E-state index is -0.816. The number of carbonyl (C=O) groups is 2. The van der Waals surface area contributed by atoms with Gasteiger partial charge in [0.2, 0.25) is 0 Å². The van der Waals surface area contributed by atoms with Gasteiger partial charge >= 0.3 is 12.0 Å². The van der Waals surface area contributed by atoms with Crippen molar-refractivity contribution in [2.75, 3.05) is 32.7 Å². The van der Waals surface area contributed by atoms with Crippen LogP contribution in [-0.4, -0.2) is 65.7 Å². The number of amides is 2. The number of allylic oxidation sites excluding steroid dienone is 1. The summed E-state index contributed by atoms with van der Waals surface area (Å²) in [6.07, 6.45) is 4.79. The third kappa shape index (κ3) is 4.90. The Morgan fingerprint density at radius 2 is 1.95 bits per heavy atom. The Balaban J connectivity index is 2.29. The van der Waals surface area contributed by atoms with Crippen molar-refractivity contribution in [1.29, 1.82) is 0 Å². The highest BCUT2D eigenvalue weighted by molar-refractivity contribution is 5.74. The van der Waals surface area contributed by atoms with Gasteiger partial charge in [0.25, 0.3) is 0 Å². The van der Waals surface area contributed by atoms with Crippen LogP contribution in [0.25, 0.3) is 0 Å². The van der Waals surface area contributed by atoms with E-state index in [0.717, 1.165) is 6.42 Å². The first-order valence-corrected chi connectivity index (χ1v) is 6.67. The topological polar surface area (TPSA) is 72.9 Å². The van der Waals surface area contributed by atoms with E-state index >= 15 is 0 Å². The number of piperazine rings is 1. The van der Waals surface area contributed by atoms with Crippen molar-refractivity contribution in [3.8, 4) is 0 Å². The Bertz CT molecular complexity index is 336. The molecule has 0 saturated carbocycles. The molecule has 1 atom stereocenters. The van der Waals surface area contributed by atoms with E-state index < -0.39 is 12.0 Å². The van der Waals surface area contributed by atoms with Crippen molar-refractivity contribution in [3.05, 3.63) is 12.2 Å². The van der Waals surface area contributed by atoms with Gasteiger partial charge in [0, 0.05) is 32.7 Å². The van der Waals surface area contributed by atoms with E-state index in [1.165, 1.54) is 0 Å². The maximum absolute atomic E-state index is 11.8. The lowest BCUT2D eigenvalue weighted by molar-refractivity contribution is -0.143. The summed E-state index contributed by atoms with van der Waals surface area (Å²) in [7, 11) is 0. The number of carbonyl (C=O) groups excluding carboxylic acids is 1. The van der Waals surface area contributed by atoms with Crippen molar-refractivity contribution in [3.63, 3.8) is 0 Å². The fourth-order valence-corrected chi connectivity index (χ4v) is 2.01. The normalized spacial score (nSPS) is 18.5. The van der Waals surface area contributed by atoms with Crippen molar-refractivity contribution in [2.45, 2.75) is 26.3 Å². The van der Waals surface area contributed by atoms with Gasteiger partial charge in [0.1, 0.15) is 6.04 Å². The summed E-state index contributed by atoms with van der Waals surface area (Å²) < 4.78 is 0. The minimum Gasteiger partial charge on any atom is -0.480 e. The van der Waals surface area contributed by atoms with Crippen LogP contribution >= 0.6 is 0 Å². The van der Waals surface area contributed by atoms with Gasteiger partial charge in [-0.2, -0.15) is 0 Å². The Kier molecular flexibility index (Phi) is 6.35. The number of rotatable bonds is 5. The fourth-order valence-electron chi connectivity index (χ4n) is 2.01. The SMILES string of the molecule is C/C=C/CCNC(=O)N1CCN(C(C)C(=O)O)CC1. The van der Waals surface area contributed by atoms with Crippen molar-refractivity contribution < 1.29 is 14.7 Å². The molecular weight excluding hydrogens is 246 g/mol. The van der Waals surface area contributed by atoms with E-state index in [9.17, 15) is 9.59 Å². The molecule has 0 aromatic heterocycles. The number of urea groups is 1. The van der Waals surface area contributed by atoms with Crippen LogP contribution in [0.3, 0.4) is 0 Å². The molecule has 0 aliphatic carbocycles. The van der Waals surface area contributed by atoms with Crippen molar-refractivity contribution in [2.24, 2.45) is 0 Å². The molecule has 1 aliphatic heterocycles. The zero-order valence-corrected chi connectivity index (χ0v) is 11.6. The first-order valence-electron chi connectivity index (χ1n) is 6.67. The van der Waals surface area contributed by atoms with Gasteiger partial charge in [0.05, 0.1) is 0 Å². The zero-order chi connectivity index (χ0) is 14.3. The Morgan fingerprint density at radius 1 is 1.32 bits per heavy atom. The van der Waals surface area contributed by atoms with E-state index in [4.69, 9.17) is 5.11 Å². The van der Waals surface area contributed by atoms with Crippen LogP contribution in [0.5, 0.6) is 0 Å². The van der Waals surface area contributed by atoms with Crippen LogP contribution in [0.1, 0.15) is 20.3 Å². The molecule has 0 aromatic rings. The Hall–Kier alpha value is -1.56. The van der Waals surface area contributed by atoms with E-state index in [1.54, 1.807) is 11.8 Å². The van der Waals surface area contributed by atoms with E-state index in [-0.39, 0.29) is 6.03 Å². The van der Waals surface area contributed by atoms with Gasteiger partial charge in [-0.15, -0.1) is 0 Å². The molecule has 1 fully saturated rings. The standard InChI is InChI=1S/C13H23N3O3/c1-3-4-5-6-14-13(19)16-9-7-15(8-10-16)11(2)12(17)18/h3-4,11H,5-10H2,1-2H3,(H,14,19)(H,17,18)/b4-3+. The molecule has 1 rings (SSSR count). The predicted octanol–water partition coefficient (Wildman–Crippen LogP) is 0.753. The molecular formula is C13H23N3O3. The molecule has 6 heteroatoms. The number of carboxylic acids is 1. The number of nitrogens with one attached hydrogen (secondary N) is 1. The quantitative estimate of drug-likeness (QED) is 0.571. The summed E-state index contributed by atoms with van der Waals surface area (Å²) in [5.41, 5.74) is 0. The van der Waals surface area contributed by atoms with E-state index in [1.807, 2.05) is 24.0 Å². The summed E-state index contributed by atoms with van der Waals surface area (Å²) in [5, 5.41) is 11.8. The van der Waals surface area contributed by atoms with Crippen LogP contribution < -0.4 is 5.32 Å². The number of carboxylic acid groups (broad SMARTS) is 1. The fraction of sp³-hybridized carbons (Fsp3) is 0.692. The van der Waals surface area contributed by atoms with Crippen LogP contribution in [0.2, 0.25) is 0 Å². The molecule has 0 aromatic carbocycles. The third-order valence-electron chi connectivity index (χ3n) is 3.33. The summed E-state index contributed by atoms with van der Waals surface area (Å²) in [6, 6.07) is -0.549. The molecule has 6 nitrogen and oxygen atoms in total. The lowest BCUT2D eigenvalue weighted by Gasteiger charge is -2.36. The van der Waals surface area contributed by atoms with Crippen LogP contribution in [-0.2, 0) is 4.79 Å². The van der Waals surface area contributed by atoms with Crippen LogP contribution in [0, 0.1) is 0 Å². The predicted molar refractivity (Wildman–Crippen MR) is 73.1 cm³/mol. The molecule has 1 aliphatic rings. The summed E-state index contributed by atoms with van der Waals surface area (Å²) in [5.74, 6) is -0.816. The van der Waals surface area contributed by atoms with E-state index in [2.05, 4.69) is 5.32 Å². The highest BCUT2D eigenvalue weighted by Gasteiger charge is 2.26. The van der Waals surface area contributed by atoms with Gasteiger partial charge in [-0.25, -0.2) is 4.79 Å². The molecule has 1 heterocycles. The van der Waals surface area contributed by atoms with Crippen LogP contribution in [0.15, 0.2) is 12.2 Å². The largest absolute Gasteiger partial charge is 0.480 e. The second-order valence-corrected chi connectivity index (χ2v) is 4.63. The van der Waals surface area contributed by atoms with Gasteiger partial charge in [0.15, 0.2) is 0 Å². The molecule has 2 N–H and O–H groups in total. The first kappa shape index (κ1) is 15.5. The molecule has 0 radical (unpaired) electrons. The monoisotopic (exact) mass is 269 g/mol. The Labute approximate surface area is 114 Å². The summed E-state index contributed by atoms with van der Waals surface area (Å²) in [6.45, 7) is 6.63. The molecule has 19 heavy (non-hydrogen) atoms. The van der Waals surface area contributed by atoms with Crippen molar-refractivity contribution >= 4 is 12.0 Å². The number of hydrogen-bond donors (Lipinski definition) is 2. The number of hydrogen-bond acceptors (Lipinski definition) is 3.